The predicted molar refractivity (Wildman–Crippen MR) is 107 cm³/mol. The Labute approximate surface area is 181 Å². The molecule has 2 aromatic carbocycles. The summed E-state index contributed by atoms with van der Waals surface area (Å²) in [5.41, 5.74) is -1.80. The first-order valence-corrected chi connectivity index (χ1v) is 10.4. The van der Waals surface area contributed by atoms with Gasteiger partial charge in [0, 0.05) is 33.7 Å². The van der Waals surface area contributed by atoms with E-state index in [1.54, 1.807) is 6.07 Å². The number of alkyl halides is 3. The van der Waals surface area contributed by atoms with Gasteiger partial charge in [-0.05, 0) is 36.4 Å². The molecule has 3 aromatic rings. The molecule has 1 aromatic heterocycles. The number of aromatic nitrogens is 2. The summed E-state index contributed by atoms with van der Waals surface area (Å²) in [7, 11) is -0.108. The van der Waals surface area contributed by atoms with Gasteiger partial charge in [-0.25, -0.2) is 4.39 Å². The van der Waals surface area contributed by atoms with Gasteiger partial charge in [-0.2, -0.15) is 13.2 Å². The quantitative estimate of drug-likeness (QED) is 0.538. The molecule has 0 unspecified atom stereocenters. The van der Waals surface area contributed by atoms with Crippen LogP contribution >= 0.6 is 0 Å². The molecule has 0 aliphatic rings. The molecule has 1 N–H and O–H groups in total. The lowest BCUT2D eigenvalue weighted by Gasteiger charge is -2.14. The van der Waals surface area contributed by atoms with E-state index >= 15 is 0 Å². The molecule has 0 saturated carbocycles. The second-order valence-corrected chi connectivity index (χ2v) is 7.66. The number of carbonyl (C=O) groups is 1. The number of hydrogen-bond donors (Lipinski definition) is 1. The number of carbonyl (C=O) groups excluding carboxylic acids is 1. The minimum absolute atomic E-state index is 0.0730. The molecule has 0 spiro atoms. The predicted octanol–water partition coefficient (Wildman–Crippen LogP) is 4.43. The second kappa shape index (κ2) is 9.30. The zero-order valence-electron chi connectivity index (χ0n) is 16.6. The monoisotopic (exact) mass is 469 g/mol. The first-order valence-electron chi connectivity index (χ1n) is 8.79. The smallest absolute Gasteiger partial charge is 0.435 e. The van der Waals surface area contributed by atoms with E-state index in [0.717, 1.165) is 18.2 Å². The zero-order chi connectivity index (χ0) is 23.5. The third-order valence-corrected chi connectivity index (χ3v) is 4.97. The molecule has 0 fully saturated rings. The van der Waals surface area contributed by atoms with Crippen LogP contribution in [-0.2, 0) is 17.0 Å². The molecule has 3 rings (SSSR count). The maximum atomic E-state index is 13.4. The number of benzene rings is 2. The van der Waals surface area contributed by atoms with E-state index in [0.29, 0.717) is 11.0 Å². The Kier molecular flexibility index (Phi) is 6.72. The van der Waals surface area contributed by atoms with Crippen molar-refractivity contribution < 1.29 is 36.0 Å². The summed E-state index contributed by atoms with van der Waals surface area (Å²) in [6, 6.07) is 9.64. The lowest BCUT2D eigenvalue weighted by Crippen LogP contribution is -2.18. The fraction of sp³-hybridized carbons (Fsp3) is 0.150. The van der Waals surface area contributed by atoms with E-state index in [1.807, 2.05) is 0 Å². The van der Waals surface area contributed by atoms with Crippen molar-refractivity contribution in [2.45, 2.75) is 11.1 Å². The minimum atomic E-state index is -4.87. The Hall–Kier alpha value is -3.54. The van der Waals surface area contributed by atoms with Gasteiger partial charge in [-0.15, -0.1) is 10.2 Å². The molecule has 1 amide bonds. The topological polar surface area (TPSA) is 90.4 Å². The summed E-state index contributed by atoms with van der Waals surface area (Å²) in [4.78, 5) is 13.2. The summed E-state index contributed by atoms with van der Waals surface area (Å²) < 4.78 is 74.9. The number of rotatable bonds is 6. The average molecular weight is 469 g/mol. The molecule has 0 radical (unpaired) electrons. The lowest BCUT2D eigenvalue weighted by molar-refractivity contribution is -0.141. The van der Waals surface area contributed by atoms with Gasteiger partial charge in [0.1, 0.15) is 11.4 Å². The largest absolute Gasteiger partial charge is 0.493 e. The Morgan fingerprint density at radius 1 is 1.06 bits per heavy atom. The highest BCUT2D eigenvalue weighted by molar-refractivity contribution is 7.84. The van der Waals surface area contributed by atoms with Crippen molar-refractivity contribution in [3.05, 3.63) is 65.6 Å². The fourth-order valence-electron chi connectivity index (χ4n) is 2.54. The lowest BCUT2D eigenvalue weighted by atomic mass is 10.2. The van der Waals surface area contributed by atoms with Crippen LogP contribution in [0.4, 0.5) is 23.2 Å². The van der Waals surface area contributed by atoms with Crippen LogP contribution in [0.2, 0.25) is 0 Å². The first-order chi connectivity index (χ1) is 15.1. The van der Waals surface area contributed by atoms with Crippen LogP contribution < -0.4 is 14.8 Å². The third-order valence-electron chi connectivity index (χ3n) is 4.05. The fourth-order valence-corrected chi connectivity index (χ4v) is 3.10. The number of methoxy groups -OCH3 is 1. The van der Waals surface area contributed by atoms with Gasteiger partial charge in [0.2, 0.25) is 0 Å². The Morgan fingerprint density at radius 2 is 1.81 bits per heavy atom. The molecular weight excluding hydrogens is 454 g/mol. The van der Waals surface area contributed by atoms with Crippen molar-refractivity contribution in [2.24, 2.45) is 0 Å². The van der Waals surface area contributed by atoms with Crippen LogP contribution in [0.5, 0.6) is 17.4 Å². The number of hydrogen-bond acceptors (Lipinski definition) is 6. The summed E-state index contributed by atoms with van der Waals surface area (Å²) in [5.74, 6) is -2.36. The normalized spacial score (nSPS) is 12.2. The van der Waals surface area contributed by atoms with Crippen LogP contribution in [-0.4, -0.2) is 33.7 Å². The molecule has 0 bridgehead atoms. The van der Waals surface area contributed by atoms with Gasteiger partial charge >= 0.3 is 6.18 Å². The van der Waals surface area contributed by atoms with Crippen molar-refractivity contribution in [2.75, 3.05) is 18.7 Å². The molecular formula is C20H15F4N3O4S. The second-order valence-electron chi connectivity index (χ2n) is 6.28. The van der Waals surface area contributed by atoms with Crippen LogP contribution in [0.15, 0.2) is 53.4 Å². The van der Waals surface area contributed by atoms with Crippen molar-refractivity contribution in [3.63, 3.8) is 0 Å². The molecule has 0 aliphatic carbocycles. The van der Waals surface area contributed by atoms with Gasteiger partial charge in [-0.3, -0.25) is 9.00 Å². The molecule has 1 heterocycles. The van der Waals surface area contributed by atoms with Gasteiger partial charge in [0.15, 0.2) is 17.2 Å². The van der Waals surface area contributed by atoms with Gasteiger partial charge < -0.3 is 14.8 Å². The number of halogens is 4. The first kappa shape index (κ1) is 23.1. The van der Waals surface area contributed by atoms with Crippen LogP contribution in [0.3, 0.4) is 0 Å². The van der Waals surface area contributed by atoms with Gasteiger partial charge in [0.25, 0.3) is 11.8 Å². The molecule has 0 aliphatic heterocycles. The highest BCUT2D eigenvalue weighted by Crippen LogP contribution is 2.35. The number of nitrogens with zero attached hydrogens (tertiary/aromatic N) is 2. The average Bonchev–Trinajstić information content (AvgIpc) is 2.74. The Bertz CT molecular complexity index is 1190. The molecule has 0 saturated heterocycles. The molecule has 168 valence electrons. The van der Waals surface area contributed by atoms with Crippen LogP contribution in [0, 0.1) is 5.82 Å². The number of ether oxygens (including phenoxy) is 2. The van der Waals surface area contributed by atoms with E-state index in [4.69, 9.17) is 9.47 Å². The third kappa shape index (κ3) is 5.38. The summed E-state index contributed by atoms with van der Waals surface area (Å²) in [6.07, 6.45) is -3.43. The van der Waals surface area contributed by atoms with Gasteiger partial charge in [-0.1, -0.05) is 6.07 Å². The highest BCUT2D eigenvalue weighted by atomic mass is 32.2. The number of amides is 1. The molecule has 1 atom stereocenters. The van der Waals surface area contributed by atoms with Crippen molar-refractivity contribution >= 4 is 22.4 Å². The van der Waals surface area contributed by atoms with Crippen molar-refractivity contribution in [3.8, 4) is 17.4 Å². The Morgan fingerprint density at radius 3 is 2.47 bits per heavy atom. The maximum Gasteiger partial charge on any atom is 0.435 e. The van der Waals surface area contributed by atoms with Gasteiger partial charge in [0.05, 0.1) is 7.11 Å². The van der Waals surface area contributed by atoms with E-state index in [1.165, 1.54) is 31.6 Å². The molecule has 32 heavy (non-hydrogen) atoms. The number of nitrogens with one attached hydrogen (secondary N) is 1. The van der Waals surface area contributed by atoms with E-state index < -0.39 is 45.8 Å². The SMILES string of the molecule is COc1cc(F)ccc1Oc1nnc(C(F)(F)F)cc1C(=O)Nc1cccc([S@@](C)=O)c1. The Balaban J connectivity index is 2.01. The maximum absolute atomic E-state index is 13.4. The summed E-state index contributed by atoms with van der Waals surface area (Å²) in [5, 5.41) is 8.88. The van der Waals surface area contributed by atoms with Crippen LogP contribution in [0.1, 0.15) is 16.1 Å². The summed E-state index contributed by atoms with van der Waals surface area (Å²) >= 11 is 0. The standard InChI is InChI=1S/C20H15F4N3O4S/c1-30-16-8-11(21)6-7-15(16)31-19-14(10-17(26-27-19)20(22,23)24)18(28)25-12-4-3-5-13(9-12)32(2)29/h3-10H,1-2H3,(H,25,28)/t32-/m1/s1. The molecule has 7 nitrogen and oxygen atoms in total. The summed E-state index contributed by atoms with van der Waals surface area (Å²) in [6.45, 7) is 0. The molecule has 12 heteroatoms. The van der Waals surface area contributed by atoms with E-state index in [-0.39, 0.29) is 17.2 Å². The highest BCUT2D eigenvalue weighted by Gasteiger charge is 2.35. The van der Waals surface area contributed by atoms with E-state index in [2.05, 4.69) is 15.5 Å². The number of anilines is 1. The van der Waals surface area contributed by atoms with Crippen molar-refractivity contribution in [1.82, 2.24) is 10.2 Å². The van der Waals surface area contributed by atoms with Crippen LogP contribution in [0.25, 0.3) is 0 Å². The van der Waals surface area contributed by atoms with E-state index in [9.17, 15) is 26.6 Å². The zero-order valence-corrected chi connectivity index (χ0v) is 17.4. The minimum Gasteiger partial charge on any atom is -0.493 e. The van der Waals surface area contributed by atoms with Crippen molar-refractivity contribution in [1.29, 1.82) is 0 Å².